The molecule has 0 aliphatic carbocycles. The Kier molecular flexibility index (Phi) is 4.37. The zero-order valence-corrected chi connectivity index (χ0v) is 12.8. The van der Waals surface area contributed by atoms with Gasteiger partial charge in [-0.1, -0.05) is 6.07 Å². The fourth-order valence-corrected chi connectivity index (χ4v) is 2.65. The highest BCUT2D eigenvalue weighted by Gasteiger charge is 2.23. The molecule has 0 radical (unpaired) electrons. The minimum atomic E-state index is -0.542. The molecule has 0 unspecified atom stereocenters. The van der Waals surface area contributed by atoms with Gasteiger partial charge in [-0.15, -0.1) is 0 Å². The topological polar surface area (TPSA) is 79.6 Å². The van der Waals surface area contributed by atoms with Crippen molar-refractivity contribution in [1.82, 2.24) is 9.88 Å². The summed E-state index contributed by atoms with van der Waals surface area (Å²) in [5.41, 5.74) is 1.11. The maximum absolute atomic E-state index is 13.2. The second kappa shape index (κ2) is 6.61. The Morgan fingerprint density at radius 1 is 1.17 bits per heavy atom. The minimum absolute atomic E-state index is 0.196. The van der Waals surface area contributed by atoms with Crippen LogP contribution in [0.3, 0.4) is 0 Å². The summed E-state index contributed by atoms with van der Waals surface area (Å²) in [6.07, 6.45) is 1.46. The predicted molar refractivity (Wildman–Crippen MR) is 85.4 cm³/mol. The number of nitrogens with zero attached hydrogens (tertiary/aromatic N) is 4. The summed E-state index contributed by atoms with van der Waals surface area (Å²) in [7, 11) is 0. The number of amides is 1. The minimum Gasteiger partial charge on any atom is -0.365 e. The van der Waals surface area contributed by atoms with E-state index >= 15 is 0 Å². The Morgan fingerprint density at radius 2 is 1.92 bits per heavy atom. The zero-order valence-electron chi connectivity index (χ0n) is 12.8. The molecule has 1 fully saturated rings. The molecule has 0 spiro atoms. The number of aromatic nitrogens is 1. The number of piperazine rings is 1. The van der Waals surface area contributed by atoms with Crippen LogP contribution in [-0.4, -0.2) is 46.9 Å². The molecule has 1 aromatic heterocycles. The average Bonchev–Trinajstić information content (AvgIpc) is 2.61. The standard InChI is InChI=1S/C16H15FN4O3/c17-13-3-1-2-12(10-13)16(22)20-8-6-19(7-9-20)14-4-5-15(18-11-14)21(23)24/h1-5,10-11H,6-9H2. The molecular weight excluding hydrogens is 315 g/mol. The van der Waals surface area contributed by atoms with E-state index in [1.807, 2.05) is 4.90 Å². The first-order chi connectivity index (χ1) is 11.5. The van der Waals surface area contributed by atoms with E-state index in [9.17, 15) is 19.3 Å². The first-order valence-corrected chi connectivity index (χ1v) is 7.45. The van der Waals surface area contributed by atoms with Crippen molar-refractivity contribution < 1.29 is 14.1 Å². The summed E-state index contributed by atoms with van der Waals surface area (Å²) < 4.78 is 13.2. The fraction of sp³-hybridized carbons (Fsp3) is 0.250. The lowest BCUT2D eigenvalue weighted by atomic mass is 10.1. The number of carbonyl (C=O) groups is 1. The molecule has 1 saturated heterocycles. The van der Waals surface area contributed by atoms with Gasteiger partial charge in [0, 0.05) is 37.8 Å². The van der Waals surface area contributed by atoms with Gasteiger partial charge in [0.05, 0.1) is 5.69 Å². The Labute approximate surface area is 137 Å². The van der Waals surface area contributed by atoms with Crippen molar-refractivity contribution in [3.63, 3.8) is 0 Å². The van der Waals surface area contributed by atoms with Crippen molar-refractivity contribution in [2.24, 2.45) is 0 Å². The third kappa shape index (κ3) is 3.32. The highest BCUT2D eigenvalue weighted by molar-refractivity contribution is 5.94. The van der Waals surface area contributed by atoms with E-state index in [1.165, 1.54) is 30.5 Å². The van der Waals surface area contributed by atoms with Gasteiger partial charge >= 0.3 is 5.82 Å². The van der Waals surface area contributed by atoms with Crippen LogP contribution in [0.2, 0.25) is 0 Å². The number of anilines is 1. The van der Waals surface area contributed by atoms with Crippen LogP contribution in [-0.2, 0) is 0 Å². The molecule has 1 aromatic carbocycles. The molecule has 1 amide bonds. The Morgan fingerprint density at radius 3 is 2.50 bits per heavy atom. The molecule has 0 bridgehead atoms. The van der Waals surface area contributed by atoms with Crippen molar-refractivity contribution in [1.29, 1.82) is 0 Å². The lowest BCUT2D eigenvalue weighted by Crippen LogP contribution is -2.48. The Balaban J connectivity index is 1.63. The second-order valence-corrected chi connectivity index (χ2v) is 5.42. The zero-order chi connectivity index (χ0) is 17.1. The van der Waals surface area contributed by atoms with Gasteiger partial charge in [0.15, 0.2) is 6.20 Å². The number of hydrogen-bond donors (Lipinski definition) is 0. The van der Waals surface area contributed by atoms with Gasteiger partial charge in [-0.3, -0.25) is 4.79 Å². The largest absolute Gasteiger partial charge is 0.365 e. The maximum Gasteiger partial charge on any atom is 0.363 e. The third-order valence-corrected chi connectivity index (χ3v) is 3.92. The molecular formula is C16H15FN4O3. The Bertz CT molecular complexity index is 758. The van der Waals surface area contributed by atoms with Gasteiger partial charge in [0.1, 0.15) is 5.82 Å². The Hall–Kier alpha value is -3.03. The van der Waals surface area contributed by atoms with E-state index in [0.717, 1.165) is 5.69 Å². The monoisotopic (exact) mass is 330 g/mol. The van der Waals surface area contributed by atoms with Crippen LogP contribution in [0.1, 0.15) is 10.4 Å². The number of rotatable bonds is 3. The fourth-order valence-electron chi connectivity index (χ4n) is 2.65. The summed E-state index contributed by atoms with van der Waals surface area (Å²) in [6, 6.07) is 8.65. The molecule has 2 heterocycles. The van der Waals surface area contributed by atoms with Crippen LogP contribution in [0, 0.1) is 15.9 Å². The normalized spacial score (nSPS) is 14.5. The lowest BCUT2D eigenvalue weighted by molar-refractivity contribution is -0.389. The molecule has 0 saturated carbocycles. The predicted octanol–water partition coefficient (Wildman–Crippen LogP) is 2.09. The number of hydrogen-bond acceptors (Lipinski definition) is 5. The van der Waals surface area contributed by atoms with E-state index in [0.29, 0.717) is 31.7 Å². The summed E-state index contributed by atoms with van der Waals surface area (Å²) in [6.45, 7) is 2.15. The third-order valence-electron chi connectivity index (χ3n) is 3.92. The van der Waals surface area contributed by atoms with Gasteiger partial charge < -0.3 is 19.9 Å². The van der Waals surface area contributed by atoms with E-state index in [2.05, 4.69) is 4.98 Å². The van der Waals surface area contributed by atoms with E-state index in [-0.39, 0.29) is 11.7 Å². The van der Waals surface area contributed by atoms with E-state index in [1.54, 1.807) is 17.0 Å². The van der Waals surface area contributed by atoms with Gasteiger partial charge in [-0.05, 0) is 34.2 Å². The van der Waals surface area contributed by atoms with Crippen molar-refractivity contribution >= 4 is 17.4 Å². The van der Waals surface area contributed by atoms with Crippen LogP contribution in [0.4, 0.5) is 15.9 Å². The van der Waals surface area contributed by atoms with Crippen molar-refractivity contribution in [3.8, 4) is 0 Å². The highest BCUT2D eigenvalue weighted by atomic mass is 19.1. The SMILES string of the molecule is O=C(c1cccc(F)c1)N1CCN(c2ccc([N+](=O)[O-])nc2)CC1. The van der Waals surface area contributed by atoms with Crippen molar-refractivity contribution in [3.05, 3.63) is 64.1 Å². The number of benzene rings is 1. The van der Waals surface area contributed by atoms with Gasteiger partial charge in [-0.25, -0.2) is 4.39 Å². The average molecular weight is 330 g/mol. The highest BCUT2D eigenvalue weighted by Crippen LogP contribution is 2.19. The van der Waals surface area contributed by atoms with Crippen LogP contribution in [0.15, 0.2) is 42.6 Å². The molecule has 1 aliphatic rings. The first-order valence-electron chi connectivity index (χ1n) is 7.45. The summed E-state index contributed by atoms with van der Waals surface area (Å²) in [5.74, 6) is -0.828. The van der Waals surface area contributed by atoms with Crippen LogP contribution < -0.4 is 4.90 Å². The molecule has 0 atom stereocenters. The molecule has 1 aliphatic heterocycles. The molecule has 7 nitrogen and oxygen atoms in total. The smallest absolute Gasteiger partial charge is 0.363 e. The van der Waals surface area contributed by atoms with E-state index < -0.39 is 10.7 Å². The lowest BCUT2D eigenvalue weighted by Gasteiger charge is -2.35. The van der Waals surface area contributed by atoms with Crippen LogP contribution in [0.5, 0.6) is 0 Å². The molecule has 2 aromatic rings. The van der Waals surface area contributed by atoms with Gasteiger partial charge in [-0.2, -0.15) is 0 Å². The summed E-state index contributed by atoms with van der Waals surface area (Å²) in [4.78, 5) is 29.9. The summed E-state index contributed by atoms with van der Waals surface area (Å²) >= 11 is 0. The molecule has 3 rings (SSSR count). The van der Waals surface area contributed by atoms with Crippen molar-refractivity contribution in [2.45, 2.75) is 0 Å². The molecule has 124 valence electrons. The van der Waals surface area contributed by atoms with Crippen LogP contribution in [0.25, 0.3) is 0 Å². The number of pyridine rings is 1. The second-order valence-electron chi connectivity index (χ2n) is 5.42. The van der Waals surface area contributed by atoms with Gasteiger partial charge in [0.25, 0.3) is 5.91 Å². The van der Waals surface area contributed by atoms with Crippen molar-refractivity contribution in [2.75, 3.05) is 31.1 Å². The maximum atomic E-state index is 13.2. The quantitative estimate of drug-likeness (QED) is 0.636. The first kappa shape index (κ1) is 15.9. The molecule has 8 heteroatoms. The summed E-state index contributed by atoms with van der Waals surface area (Å²) in [5, 5.41) is 10.6. The van der Waals surface area contributed by atoms with Crippen LogP contribution >= 0.6 is 0 Å². The molecule has 0 N–H and O–H groups in total. The van der Waals surface area contributed by atoms with E-state index in [4.69, 9.17) is 0 Å². The number of carbonyl (C=O) groups excluding carboxylic acids is 1. The molecule has 24 heavy (non-hydrogen) atoms. The number of nitro groups is 1. The van der Waals surface area contributed by atoms with Gasteiger partial charge in [0.2, 0.25) is 0 Å². The number of halogens is 1.